The zero-order valence-electron chi connectivity index (χ0n) is 19.3. The van der Waals surface area contributed by atoms with Gasteiger partial charge in [0.15, 0.2) is 11.5 Å². The van der Waals surface area contributed by atoms with Crippen LogP contribution in [-0.2, 0) is 27.9 Å². The minimum absolute atomic E-state index is 0.00811. The Bertz CT molecular complexity index is 896. The predicted octanol–water partition coefficient (Wildman–Crippen LogP) is 4.31. The van der Waals surface area contributed by atoms with E-state index in [1.165, 1.54) is 36.8 Å². The zero-order chi connectivity index (χ0) is 21.8. The van der Waals surface area contributed by atoms with Gasteiger partial charge in [-0.3, -0.25) is 9.69 Å². The zero-order valence-corrected chi connectivity index (χ0v) is 19.3. The molecule has 0 bridgehead atoms. The van der Waals surface area contributed by atoms with Gasteiger partial charge < -0.3 is 10.5 Å². The van der Waals surface area contributed by atoms with Gasteiger partial charge in [-0.15, -0.1) is 0 Å². The standard InChI is InChI=1S/C26H37N3O2/c1-17(2)29-23(30)26(28-24(29)27)22-15-19(6-4-5-18-7-8-18)9-10-20(22)16-25(26)13-11-21(31-3)12-14-25/h9-10,15,17-18,21H,4-8,11-14,16H2,1-3H3,(H2,27,28). The number of nitrogens with two attached hydrogens (primary N) is 1. The quantitative estimate of drug-likeness (QED) is 0.741. The molecular weight excluding hydrogens is 386 g/mol. The maximum atomic E-state index is 14.1. The van der Waals surface area contributed by atoms with Gasteiger partial charge >= 0.3 is 0 Å². The molecular formula is C26H37N3O2. The lowest BCUT2D eigenvalue weighted by atomic mass is 9.61. The molecule has 1 aromatic rings. The van der Waals surface area contributed by atoms with Gasteiger partial charge in [-0.05, 0) is 81.4 Å². The number of guanidine groups is 1. The number of benzene rings is 1. The summed E-state index contributed by atoms with van der Waals surface area (Å²) in [5.74, 6) is 1.44. The third-order valence-electron chi connectivity index (χ3n) is 8.43. The lowest BCUT2D eigenvalue weighted by Crippen LogP contribution is -2.53. The largest absolute Gasteiger partial charge is 0.381 e. The Labute approximate surface area is 186 Å². The Balaban J connectivity index is 1.54. The summed E-state index contributed by atoms with van der Waals surface area (Å²) >= 11 is 0. The van der Waals surface area contributed by atoms with Crippen molar-refractivity contribution in [1.29, 1.82) is 0 Å². The lowest BCUT2D eigenvalue weighted by Gasteiger charge is -2.45. The Morgan fingerprint density at radius 1 is 1.23 bits per heavy atom. The highest BCUT2D eigenvalue weighted by Crippen LogP contribution is 2.62. The topological polar surface area (TPSA) is 67.9 Å². The Morgan fingerprint density at radius 2 is 1.97 bits per heavy atom. The fourth-order valence-electron chi connectivity index (χ4n) is 6.54. The van der Waals surface area contributed by atoms with Crippen LogP contribution in [0.1, 0.15) is 81.9 Å². The molecule has 168 valence electrons. The van der Waals surface area contributed by atoms with Crippen LogP contribution in [0, 0.1) is 11.3 Å². The van der Waals surface area contributed by atoms with Gasteiger partial charge in [0.2, 0.25) is 0 Å². The summed E-state index contributed by atoms with van der Waals surface area (Å²) in [5.41, 5.74) is 9.12. The highest BCUT2D eigenvalue weighted by atomic mass is 16.5. The summed E-state index contributed by atoms with van der Waals surface area (Å²) in [6.45, 7) is 4.05. The average Bonchev–Trinajstić information content (AvgIpc) is 3.48. The van der Waals surface area contributed by atoms with E-state index in [-0.39, 0.29) is 23.5 Å². The molecule has 2 fully saturated rings. The van der Waals surface area contributed by atoms with Crippen molar-refractivity contribution in [3.8, 4) is 0 Å². The first-order valence-corrected chi connectivity index (χ1v) is 12.2. The first-order valence-electron chi connectivity index (χ1n) is 12.2. The fraction of sp³-hybridized carbons (Fsp3) is 0.692. The molecule has 4 aliphatic rings. The van der Waals surface area contributed by atoms with E-state index in [4.69, 9.17) is 15.5 Å². The number of ether oxygens (including phenoxy) is 1. The van der Waals surface area contributed by atoms with Gasteiger partial charge in [0.25, 0.3) is 5.91 Å². The molecule has 2 N–H and O–H groups in total. The second kappa shape index (κ2) is 7.61. The average molecular weight is 424 g/mol. The summed E-state index contributed by atoms with van der Waals surface area (Å²) in [6.07, 6.45) is 11.5. The van der Waals surface area contributed by atoms with Crippen LogP contribution in [0.5, 0.6) is 0 Å². The van der Waals surface area contributed by atoms with E-state index in [0.29, 0.717) is 5.96 Å². The minimum atomic E-state index is -0.859. The second-order valence-electron chi connectivity index (χ2n) is 10.7. The van der Waals surface area contributed by atoms with Crippen LogP contribution in [0.25, 0.3) is 0 Å². The molecule has 1 unspecified atom stereocenters. The van der Waals surface area contributed by atoms with Gasteiger partial charge in [0, 0.05) is 18.6 Å². The van der Waals surface area contributed by atoms with E-state index in [2.05, 4.69) is 18.2 Å². The molecule has 1 aromatic carbocycles. The lowest BCUT2D eigenvalue weighted by molar-refractivity contribution is -0.139. The highest BCUT2D eigenvalue weighted by Gasteiger charge is 2.66. The molecule has 2 saturated carbocycles. The SMILES string of the molecule is COC1CCC2(CC1)Cc1ccc(CCCC3CC3)cc1C21N=C(N)N(C(C)C)C1=O. The summed E-state index contributed by atoms with van der Waals surface area (Å²) in [6, 6.07) is 6.87. The number of hydrogen-bond acceptors (Lipinski definition) is 4. The number of methoxy groups -OCH3 is 1. The summed E-state index contributed by atoms with van der Waals surface area (Å²) in [4.78, 5) is 20.9. The fourth-order valence-corrected chi connectivity index (χ4v) is 6.54. The number of carbonyl (C=O) groups is 1. The molecule has 5 rings (SSSR count). The molecule has 0 saturated heterocycles. The van der Waals surface area contributed by atoms with Crippen LogP contribution in [0.3, 0.4) is 0 Å². The number of carbonyl (C=O) groups excluding carboxylic acids is 1. The van der Waals surface area contributed by atoms with Crippen LogP contribution < -0.4 is 5.73 Å². The predicted molar refractivity (Wildman–Crippen MR) is 123 cm³/mol. The van der Waals surface area contributed by atoms with Crippen LogP contribution in [0.15, 0.2) is 23.2 Å². The molecule has 2 spiro atoms. The number of hydrogen-bond donors (Lipinski definition) is 1. The number of aryl methyl sites for hydroxylation is 1. The van der Waals surface area contributed by atoms with Crippen LogP contribution in [0.4, 0.5) is 0 Å². The monoisotopic (exact) mass is 423 g/mol. The molecule has 1 amide bonds. The number of aliphatic imine (C=N–C) groups is 1. The van der Waals surface area contributed by atoms with Crippen molar-refractivity contribution in [1.82, 2.24) is 4.90 Å². The van der Waals surface area contributed by atoms with Crippen molar-refractivity contribution in [3.05, 3.63) is 34.9 Å². The van der Waals surface area contributed by atoms with Crippen LogP contribution >= 0.6 is 0 Å². The summed E-state index contributed by atoms with van der Waals surface area (Å²) < 4.78 is 5.66. The van der Waals surface area contributed by atoms with Crippen molar-refractivity contribution >= 4 is 11.9 Å². The Hall–Kier alpha value is -1.88. The van der Waals surface area contributed by atoms with E-state index < -0.39 is 5.54 Å². The van der Waals surface area contributed by atoms with Crippen LogP contribution in [0.2, 0.25) is 0 Å². The number of fused-ring (bicyclic) bond motifs is 3. The molecule has 1 atom stereocenters. The van der Waals surface area contributed by atoms with Crippen molar-refractivity contribution < 1.29 is 9.53 Å². The van der Waals surface area contributed by atoms with Crippen molar-refractivity contribution in [2.75, 3.05) is 7.11 Å². The van der Waals surface area contributed by atoms with Gasteiger partial charge in [-0.25, -0.2) is 4.99 Å². The number of rotatable bonds is 6. The molecule has 3 aliphatic carbocycles. The van der Waals surface area contributed by atoms with Crippen molar-refractivity contribution in [2.24, 2.45) is 22.1 Å². The van der Waals surface area contributed by atoms with Crippen molar-refractivity contribution in [3.63, 3.8) is 0 Å². The first kappa shape index (κ1) is 21.0. The van der Waals surface area contributed by atoms with E-state index in [1.807, 2.05) is 13.8 Å². The second-order valence-corrected chi connectivity index (χ2v) is 10.7. The smallest absolute Gasteiger partial charge is 0.262 e. The van der Waals surface area contributed by atoms with Gasteiger partial charge in [0.1, 0.15) is 0 Å². The van der Waals surface area contributed by atoms with E-state index >= 15 is 0 Å². The normalized spacial score (nSPS) is 32.4. The molecule has 31 heavy (non-hydrogen) atoms. The molecule has 5 nitrogen and oxygen atoms in total. The Kier molecular flexibility index (Phi) is 5.16. The third-order valence-corrected chi connectivity index (χ3v) is 8.43. The maximum Gasteiger partial charge on any atom is 0.262 e. The van der Waals surface area contributed by atoms with E-state index in [1.54, 1.807) is 12.0 Å². The molecule has 0 radical (unpaired) electrons. The van der Waals surface area contributed by atoms with Crippen LogP contribution in [-0.4, -0.2) is 36.0 Å². The van der Waals surface area contributed by atoms with E-state index in [0.717, 1.165) is 50.0 Å². The number of nitrogens with zero attached hydrogens (tertiary/aromatic N) is 2. The number of amides is 1. The molecule has 5 heteroatoms. The van der Waals surface area contributed by atoms with Gasteiger partial charge in [-0.2, -0.15) is 0 Å². The summed E-state index contributed by atoms with van der Waals surface area (Å²) in [5, 5.41) is 0. The molecule has 0 aromatic heterocycles. The van der Waals surface area contributed by atoms with Gasteiger partial charge in [0.05, 0.1) is 6.10 Å². The first-order chi connectivity index (χ1) is 14.9. The maximum absolute atomic E-state index is 14.1. The molecule has 1 aliphatic heterocycles. The minimum Gasteiger partial charge on any atom is -0.381 e. The van der Waals surface area contributed by atoms with Gasteiger partial charge in [-0.1, -0.05) is 37.5 Å². The summed E-state index contributed by atoms with van der Waals surface area (Å²) in [7, 11) is 1.80. The highest BCUT2D eigenvalue weighted by molar-refractivity contribution is 6.08. The van der Waals surface area contributed by atoms with E-state index in [9.17, 15) is 4.79 Å². The Morgan fingerprint density at radius 3 is 2.58 bits per heavy atom. The molecule has 1 heterocycles. The third kappa shape index (κ3) is 3.23. The van der Waals surface area contributed by atoms with Crippen molar-refractivity contribution in [2.45, 2.75) is 95.7 Å².